The molecule has 3 rings (SSSR count). The van der Waals surface area contributed by atoms with E-state index in [1.54, 1.807) is 0 Å². The van der Waals surface area contributed by atoms with Gasteiger partial charge in [-0.1, -0.05) is 30.3 Å². The van der Waals surface area contributed by atoms with Crippen LogP contribution >= 0.6 is 0 Å². The summed E-state index contributed by atoms with van der Waals surface area (Å²) in [6, 6.07) is 10.8. The van der Waals surface area contributed by atoms with Gasteiger partial charge in [0.15, 0.2) is 0 Å². The number of hydrogen-bond acceptors (Lipinski definition) is 3. The Labute approximate surface area is 109 Å². The zero-order chi connectivity index (χ0) is 12.3. The molecule has 0 saturated carbocycles. The molecule has 0 radical (unpaired) electrons. The zero-order valence-electron chi connectivity index (χ0n) is 10.9. The van der Waals surface area contributed by atoms with Crippen molar-refractivity contribution >= 4 is 0 Å². The van der Waals surface area contributed by atoms with Crippen LogP contribution in [0.25, 0.3) is 0 Å². The Hall–Kier alpha value is -0.900. The van der Waals surface area contributed by atoms with Gasteiger partial charge in [0.05, 0.1) is 6.61 Å². The maximum absolute atomic E-state index is 5.68. The molecule has 1 spiro atoms. The standard InChI is InChI=1S/C15H22N2O/c1-2-4-14(5-3-1)12-17-9-11-18-10-7-15(17)6-8-16-13-15/h1-5,16H,6-13H2. The molecule has 0 amide bonds. The Morgan fingerprint density at radius 3 is 2.83 bits per heavy atom. The second-order valence-electron chi connectivity index (χ2n) is 5.42. The van der Waals surface area contributed by atoms with Crippen LogP contribution in [0.2, 0.25) is 0 Å². The van der Waals surface area contributed by atoms with E-state index in [0.717, 1.165) is 45.8 Å². The summed E-state index contributed by atoms with van der Waals surface area (Å²) >= 11 is 0. The number of nitrogens with one attached hydrogen (secondary N) is 1. The highest BCUT2D eigenvalue weighted by atomic mass is 16.5. The zero-order valence-corrected chi connectivity index (χ0v) is 10.9. The summed E-state index contributed by atoms with van der Waals surface area (Å²) in [6.07, 6.45) is 2.41. The minimum Gasteiger partial charge on any atom is -0.380 e. The van der Waals surface area contributed by atoms with Crippen LogP contribution in [0.15, 0.2) is 30.3 Å². The summed E-state index contributed by atoms with van der Waals surface area (Å²) in [7, 11) is 0. The van der Waals surface area contributed by atoms with Crippen molar-refractivity contribution in [3.8, 4) is 0 Å². The third-order valence-corrected chi connectivity index (χ3v) is 4.33. The van der Waals surface area contributed by atoms with Crippen LogP contribution in [0, 0.1) is 0 Å². The lowest BCUT2D eigenvalue weighted by Crippen LogP contribution is -2.50. The first-order chi connectivity index (χ1) is 8.89. The molecule has 98 valence electrons. The Balaban J connectivity index is 1.78. The number of rotatable bonds is 2. The normalized spacial score (nSPS) is 29.6. The fourth-order valence-electron chi connectivity index (χ4n) is 3.20. The molecular formula is C15H22N2O. The Kier molecular flexibility index (Phi) is 3.64. The van der Waals surface area contributed by atoms with Gasteiger partial charge < -0.3 is 10.1 Å². The molecule has 1 aromatic rings. The maximum atomic E-state index is 5.68. The molecule has 2 fully saturated rings. The van der Waals surface area contributed by atoms with Gasteiger partial charge in [-0.15, -0.1) is 0 Å². The van der Waals surface area contributed by atoms with Crippen LogP contribution in [0.1, 0.15) is 18.4 Å². The summed E-state index contributed by atoms with van der Waals surface area (Å²) in [4.78, 5) is 2.63. The molecule has 0 bridgehead atoms. The minimum absolute atomic E-state index is 0.326. The van der Waals surface area contributed by atoms with Gasteiger partial charge >= 0.3 is 0 Å². The number of nitrogens with zero attached hydrogens (tertiary/aromatic N) is 1. The molecule has 1 atom stereocenters. The minimum atomic E-state index is 0.326. The average molecular weight is 246 g/mol. The lowest BCUT2D eigenvalue weighted by Gasteiger charge is -2.39. The van der Waals surface area contributed by atoms with Crippen molar-refractivity contribution in [3.63, 3.8) is 0 Å². The smallest absolute Gasteiger partial charge is 0.0593 e. The Morgan fingerprint density at radius 1 is 1.17 bits per heavy atom. The van der Waals surface area contributed by atoms with Crippen LogP contribution in [-0.4, -0.2) is 43.3 Å². The van der Waals surface area contributed by atoms with Crippen molar-refractivity contribution in [2.75, 3.05) is 32.8 Å². The maximum Gasteiger partial charge on any atom is 0.0593 e. The SMILES string of the molecule is c1ccc(CN2CCOCCC23CCNC3)cc1. The first-order valence-corrected chi connectivity index (χ1v) is 6.97. The van der Waals surface area contributed by atoms with Crippen molar-refractivity contribution in [3.05, 3.63) is 35.9 Å². The molecule has 2 aliphatic rings. The third-order valence-electron chi connectivity index (χ3n) is 4.33. The van der Waals surface area contributed by atoms with Gasteiger partial charge in [-0.2, -0.15) is 0 Å². The molecule has 1 unspecified atom stereocenters. The largest absolute Gasteiger partial charge is 0.380 e. The fourth-order valence-corrected chi connectivity index (χ4v) is 3.20. The van der Waals surface area contributed by atoms with Crippen LogP contribution in [-0.2, 0) is 11.3 Å². The number of benzene rings is 1. The predicted molar refractivity (Wildman–Crippen MR) is 72.5 cm³/mol. The molecule has 18 heavy (non-hydrogen) atoms. The van der Waals surface area contributed by atoms with E-state index in [0.29, 0.717) is 5.54 Å². The molecule has 1 N–H and O–H groups in total. The summed E-state index contributed by atoms with van der Waals surface area (Å²) in [5.74, 6) is 0. The van der Waals surface area contributed by atoms with E-state index in [-0.39, 0.29) is 0 Å². The average Bonchev–Trinajstić information content (AvgIpc) is 2.79. The van der Waals surface area contributed by atoms with Crippen LogP contribution in [0.4, 0.5) is 0 Å². The van der Waals surface area contributed by atoms with E-state index in [4.69, 9.17) is 4.74 Å². The van der Waals surface area contributed by atoms with Crippen molar-refractivity contribution in [2.45, 2.75) is 24.9 Å². The van der Waals surface area contributed by atoms with Gasteiger partial charge in [0, 0.05) is 31.8 Å². The third kappa shape index (κ3) is 2.44. The van der Waals surface area contributed by atoms with Gasteiger partial charge in [-0.25, -0.2) is 0 Å². The van der Waals surface area contributed by atoms with Crippen LogP contribution < -0.4 is 5.32 Å². The highest BCUT2D eigenvalue weighted by Crippen LogP contribution is 2.30. The van der Waals surface area contributed by atoms with Crippen LogP contribution in [0.3, 0.4) is 0 Å². The first-order valence-electron chi connectivity index (χ1n) is 6.97. The second-order valence-corrected chi connectivity index (χ2v) is 5.42. The molecular weight excluding hydrogens is 224 g/mol. The predicted octanol–water partition coefficient (Wildman–Crippen LogP) is 1.64. The monoisotopic (exact) mass is 246 g/mol. The lowest BCUT2D eigenvalue weighted by molar-refractivity contribution is 0.102. The van der Waals surface area contributed by atoms with Crippen molar-refractivity contribution in [1.29, 1.82) is 0 Å². The van der Waals surface area contributed by atoms with Crippen molar-refractivity contribution in [1.82, 2.24) is 10.2 Å². The molecule has 2 aliphatic heterocycles. The Morgan fingerprint density at radius 2 is 2.06 bits per heavy atom. The quantitative estimate of drug-likeness (QED) is 0.858. The molecule has 0 aromatic heterocycles. The molecule has 0 aliphatic carbocycles. The van der Waals surface area contributed by atoms with Gasteiger partial charge in [0.25, 0.3) is 0 Å². The summed E-state index contributed by atoms with van der Waals surface area (Å²) < 4.78 is 5.68. The van der Waals surface area contributed by atoms with Gasteiger partial charge in [-0.3, -0.25) is 4.90 Å². The highest BCUT2D eigenvalue weighted by molar-refractivity contribution is 5.15. The van der Waals surface area contributed by atoms with E-state index in [2.05, 4.69) is 40.5 Å². The topological polar surface area (TPSA) is 24.5 Å². The summed E-state index contributed by atoms with van der Waals surface area (Å²) in [6.45, 7) is 6.14. The fraction of sp³-hybridized carbons (Fsp3) is 0.600. The highest BCUT2D eigenvalue weighted by Gasteiger charge is 2.40. The molecule has 1 aromatic carbocycles. The van der Waals surface area contributed by atoms with E-state index in [1.165, 1.54) is 12.0 Å². The number of hydrogen-bond donors (Lipinski definition) is 1. The van der Waals surface area contributed by atoms with Gasteiger partial charge in [0.2, 0.25) is 0 Å². The van der Waals surface area contributed by atoms with Gasteiger partial charge in [0.1, 0.15) is 0 Å². The summed E-state index contributed by atoms with van der Waals surface area (Å²) in [5.41, 5.74) is 1.73. The van der Waals surface area contributed by atoms with E-state index >= 15 is 0 Å². The molecule has 2 saturated heterocycles. The van der Waals surface area contributed by atoms with Crippen molar-refractivity contribution in [2.24, 2.45) is 0 Å². The van der Waals surface area contributed by atoms with Crippen LogP contribution in [0.5, 0.6) is 0 Å². The lowest BCUT2D eigenvalue weighted by atomic mass is 9.91. The molecule has 3 heteroatoms. The van der Waals surface area contributed by atoms with Crippen molar-refractivity contribution < 1.29 is 4.74 Å². The Bertz CT molecular complexity index is 373. The number of ether oxygens (including phenoxy) is 1. The van der Waals surface area contributed by atoms with E-state index < -0.39 is 0 Å². The molecule has 3 nitrogen and oxygen atoms in total. The van der Waals surface area contributed by atoms with E-state index in [9.17, 15) is 0 Å². The summed E-state index contributed by atoms with van der Waals surface area (Å²) in [5, 5.41) is 3.53. The van der Waals surface area contributed by atoms with Gasteiger partial charge in [-0.05, 0) is 24.9 Å². The molecule has 2 heterocycles. The second kappa shape index (κ2) is 5.39. The van der Waals surface area contributed by atoms with E-state index in [1.807, 2.05) is 0 Å². The first kappa shape index (κ1) is 12.2.